The van der Waals surface area contributed by atoms with Gasteiger partial charge in [0.15, 0.2) is 0 Å². The minimum absolute atomic E-state index is 0.00662. The molecule has 1 aromatic heterocycles. The van der Waals surface area contributed by atoms with Gasteiger partial charge >= 0.3 is 10.2 Å². The number of halogens is 1. The van der Waals surface area contributed by atoms with Crippen LogP contribution in [0, 0.1) is 17.2 Å². The van der Waals surface area contributed by atoms with Crippen molar-refractivity contribution in [3.63, 3.8) is 0 Å². The number of anilines is 2. The van der Waals surface area contributed by atoms with Crippen molar-refractivity contribution in [2.24, 2.45) is 5.92 Å². The Labute approximate surface area is 114 Å². The van der Waals surface area contributed by atoms with Crippen LogP contribution in [0.2, 0.25) is 0 Å². The summed E-state index contributed by atoms with van der Waals surface area (Å²) in [6.45, 7) is -0.00662. The summed E-state index contributed by atoms with van der Waals surface area (Å²) in [7, 11) is -4.64. The zero-order valence-electron chi connectivity index (χ0n) is 10.2. The highest BCUT2D eigenvalue weighted by atomic mass is 32.3. The van der Waals surface area contributed by atoms with Gasteiger partial charge in [0.2, 0.25) is 11.9 Å². The summed E-state index contributed by atoms with van der Waals surface area (Å²) in [5, 5.41) is 8.70. The molecule has 8 nitrogen and oxygen atoms in total. The Balaban J connectivity index is 2.20. The number of nitrogens with two attached hydrogens (primary N) is 1. The summed E-state index contributed by atoms with van der Waals surface area (Å²) in [5.74, 6) is -1.89. The van der Waals surface area contributed by atoms with Crippen LogP contribution in [0.15, 0.2) is 6.20 Å². The average Bonchev–Trinajstić information content (AvgIpc) is 2.67. The highest BCUT2D eigenvalue weighted by Gasteiger charge is 2.35. The Morgan fingerprint density at radius 2 is 2.30 bits per heavy atom. The van der Waals surface area contributed by atoms with E-state index in [0.717, 1.165) is 4.90 Å². The zero-order valence-corrected chi connectivity index (χ0v) is 11.0. The third-order valence-corrected chi connectivity index (χ3v) is 3.68. The lowest BCUT2D eigenvalue weighted by atomic mass is 10.1. The van der Waals surface area contributed by atoms with Gasteiger partial charge in [0.25, 0.3) is 0 Å². The molecule has 0 saturated carbocycles. The van der Waals surface area contributed by atoms with E-state index < -0.39 is 27.8 Å². The number of hydrogen-bond acceptors (Lipinski definition) is 7. The molecule has 1 unspecified atom stereocenters. The first-order chi connectivity index (χ1) is 9.30. The van der Waals surface area contributed by atoms with Crippen LogP contribution in [0.5, 0.6) is 0 Å². The van der Waals surface area contributed by atoms with E-state index in [1.54, 1.807) is 6.07 Å². The zero-order chi connectivity index (χ0) is 14.9. The van der Waals surface area contributed by atoms with Crippen LogP contribution in [-0.2, 0) is 15.0 Å². The maximum Gasteiger partial charge on any atom is 0.302 e. The number of amides is 1. The highest BCUT2D eigenvalue weighted by Crippen LogP contribution is 2.24. The molecule has 1 aromatic rings. The number of nitrogen functional groups attached to an aromatic ring is 1. The van der Waals surface area contributed by atoms with Crippen molar-refractivity contribution >= 4 is 27.9 Å². The second-order valence-electron chi connectivity index (χ2n) is 4.36. The molecule has 1 aliphatic rings. The second kappa shape index (κ2) is 5.01. The van der Waals surface area contributed by atoms with Crippen LogP contribution >= 0.6 is 0 Å². The molecule has 106 valence electrons. The van der Waals surface area contributed by atoms with Crippen LogP contribution in [-0.4, -0.2) is 36.6 Å². The Kier molecular flexibility index (Phi) is 3.54. The van der Waals surface area contributed by atoms with Crippen molar-refractivity contribution in [3.05, 3.63) is 11.8 Å². The first-order valence-corrected chi connectivity index (χ1v) is 7.10. The van der Waals surface area contributed by atoms with E-state index in [4.69, 9.17) is 11.0 Å². The SMILES string of the molecule is N#Cc1cnc(N2CC(CS(=O)(=O)F)CC2=O)nc1N. The summed E-state index contributed by atoms with van der Waals surface area (Å²) < 4.78 is 33.8. The Morgan fingerprint density at radius 1 is 1.60 bits per heavy atom. The molecule has 1 atom stereocenters. The van der Waals surface area contributed by atoms with Crippen LogP contribution in [0.3, 0.4) is 0 Å². The average molecular weight is 299 g/mol. The van der Waals surface area contributed by atoms with Crippen molar-refractivity contribution in [3.8, 4) is 6.07 Å². The van der Waals surface area contributed by atoms with E-state index in [2.05, 4.69) is 9.97 Å². The van der Waals surface area contributed by atoms with E-state index in [1.807, 2.05) is 0 Å². The van der Waals surface area contributed by atoms with Crippen LogP contribution < -0.4 is 10.6 Å². The number of carbonyl (C=O) groups excluding carboxylic acids is 1. The molecule has 0 bridgehead atoms. The van der Waals surface area contributed by atoms with Crippen molar-refractivity contribution in [2.75, 3.05) is 22.9 Å². The van der Waals surface area contributed by atoms with Gasteiger partial charge in [-0.15, -0.1) is 3.89 Å². The maximum absolute atomic E-state index is 12.6. The number of carbonyl (C=O) groups is 1. The van der Waals surface area contributed by atoms with Gasteiger partial charge < -0.3 is 5.73 Å². The minimum Gasteiger partial charge on any atom is -0.382 e. The van der Waals surface area contributed by atoms with Crippen molar-refractivity contribution in [1.82, 2.24) is 9.97 Å². The molecule has 2 N–H and O–H groups in total. The summed E-state index contributed by atoms with van der Waals surface area (Å²) in [6, 6.07) is 1.78. The van der Waals surface area contributed by atoms with Gasteiger partial charge in [-0.2, -0.15) is 18.7 Å². The molecule has 20 heavy (non-hydrogen) atoms. The highest BCUT2D eigenvalue weighted by molar-refractivity contribution is 7.86. The van der Waals surface area contributed by atoms with Crippen molar-refractivity contribution in [2.45, 2.75) is 6.42 Å². The smallest absolute Gasteiger partial charge is 0.302 e. The van der Waals surface area contributed by atoms with Crippen LogP contribution in [0.1, 0.15) is 12.0 Å². The standard InChI is InChI=1S/C10H10FN5O3S/c11-20(18,19)5-6-1-8(17)16(4-6)10-14-3-7(2-12)9(13)15-10/h3,6H,1,4-5H2,(H2,13,14,15). The molecule has 1 amide bonds. The minimum atomic E-state index is -4.64. The maximum atomic E-state index is 12.6. The number of rotatable bonds is 3. The van der Waals surface area contributed by atoms with Crippen molar-refractivity contribution < 1.29 is 17.1 Å². The number of nitrogens with zero attached hydrogens (tertiary/aromatic N) is 4. The second-order valence-corrected chi connectivity index (χ2v) is 5.77. The summed E-state index contributed by atoms with van der Waals surface area (Å²) in [5.41, 5.74) is 5.59. The Hall–Kier alpha value is -2.28. The van der Waals surface area contributed by atoms with Gasteiger partial charge in [0.05, 0.1) is 11.9 Å². The molecule has 1 fully saturated rings. The van der Waals surface area contributed by atoms with Gasteiger partial charge in [-0.3, -0.25) is 9.69 Å². The molecule has 10 heteroatoms. The van der Waals surface area contributed by atoms with Crippen LogP contribution in [0.25, 0.3) is 0 Å². The van der Waals surface area contributed by atoms with E-state index >= 15 is 0 Å². The normalized spacial score (nSPS) is 19.1. The fraction of sp³-hybridized carbons (Fsp3) is 0.400. The third kappa shape index (κ3) is 3.00. The van der Waals surface area contributed by atoms with E-state index in [9.17, 15) is 17.1 Å². The number of nitriles is 1. The predicted octanol–water partition coefficient (Wildman–Crippen LogP) is -0.417. The molecular formula is C10H10FN5O3S. The largest absolute Gasteiger partial charge is 0.382 e. The van der Waals surface area contributed by atoms with E-state index in [1.165, 1.54) is 6.20 Å². The summed E-state index contributed by atoms with van der Waals surface area (Å²) >= 11 is 0. The van der Waals surface area contributed by atoms with Gasteiger partial charge in [0, 0.05) is 18.9 Å². The van der Waals surface area contributed by atoms with Gasteiger partial charge in [0.1, 0.15) is 17.5 Å². The predicted molar refractivity (Wildman–Crippen MR) is 66.5 cm³/mol. The van der Waals surface area contributed by atoms with Crippen molar-refractivity contribution in [1.29, 1.82) is 5.26 Å². The van der Waals surface area contributed by atoms with Gasteiger partial charge in [-0.25, -0.2) is 4.98 Å². The molecule has 0 spiro atoms. The fourth-order valence-electron chi connectivity index (χ4n) is 1.97. The quantitative estimate of drug-likeness (QED) is 0.750. The molecule has 1 saturated heterocycles. The third-order valence-electron chi connectivity index (χ3n) is 2.81. The lowest BCUT2D eigenvalue weighted by molar-refractivity contribution is -0.117. The number of aromatic nitrogens is 2. The monoisotopic (exact) mass is 299 g/mol. The molecule has 0 aromatic carbocycles. The topological polar surface area (TPSA) is 130 Å². The van der Waals surface area contributed by atoms with Gasteiger partial charge in [-0.1, -0.05) is 0 Å². The Morgan fingerprint density at radius 3 is 2.85 bits per heavy atom. The molecular weight excluding hydrogens is 289 g/mol. The lowest BCUT2D eigenvalue weighted by Gasteiger charge is -2.14. The first kappa shape index (κ1) is 14.1. The van der Waals surface area contributed by atoms with Gasteiger partial charge in [-0.05, 0) is 0 Å². The number of hydrogen-bond donors (Lipinski definition) is 1. The van der Waals surface area contributed by atoms with E-state index in [-0.39, 0.29) is 30.3 Å². The molecule has 0 radical (unpaired) electrons. The summed E-state index contributed by atoms with van der Waals surface area (Å²) in [4.78, 5) is 20.5. The summed E-state index contributed by atoms with van der Waals surface area (Å²) in [6.07, 6.45) is 1.07. The fourth-order valence-corrected chi connectivity index (χ4v) is 2.76. The van der Waals surface area contributed by atoms with Crippen LogP contribution in [0.4, 0.5) is 15.7 Å². The molecule has 2 rings (SSSR count). The molecule has 0 aliphatic carbocycles. The van der Waals surface area contributed by atoms with E-state index in [0.29, 0.717) is 0 Å². The lowest BCUT2D eigenvalue weighted by Crippen LogP contribution is -2.27. The molecule has 1 aliphatic heterocycles. The first-order valence-electron chi connectivity index (χ1n) is 5.55. The molecule has 2 heterocycles. The Bertz CT molecular complexity index is 699.